The smallest absolute Gasteiger partial charge is 0.225 e. The first-order valence-electron chi connectivity index (χ1n) is 8.97. The number of nitrogens with one attached hydrogen (secondary N) is 1. The number of carbonyl (C=O) groups excluding carboxylic acids is 1. The molecule has 0 spiro atoms. The van der Waals surface area contributed by atoms with E-state index in [4.69, 9.17) is 0 Å². The number of amides is 1. The average Bonchev–Trinajstić information content (AvgIpc) is 2.68. The van der Waals surface area contributed by atoms with Gasteiger partial charge in [0.15, 0.2) is 5.82 Å². The Balaban J connectivity index is 1.66. The Morgan fingerprint density at radius 3 is 2.76 bits per heavy atom. The standard InChI is InChI=1S/C19H25N5O/c1-3-14(2)21-19(25)16-5-4-12-24(13-16)18-7-6-17(22-23-18)15-8-10-20-11-9-15/h6-11,14,16H,3-5,12-13H2,1-2H3,(H,21,25). The molecule has 25 heavy (non-hydrogen) atoms. The second-order valence-corrected chi connectivity index (χ2v) is 6.62. The third-order valence-corrected chi connectivity index (χ3v) is 4.74. The largest absolute Gasteiger partial charge is 0.354 e. The summed E-state index contributed by atoms with van der Waals surface area (Å²) in [7, 11) is 0. The Morgan fingerprint density at radius 2 is 2.08 bits per heavy atom. The van der Waals surface area contributed by atoms with Gasteiger partial charge in [-0.3, -0.25) is 9.78 Å². The Kier molecular flexibility index (Phi) is 5.58. The van der Waals surface area contributed by atoms with E-state index >= 15 is 0 Å². The zero-order valence-corrected chi connectivity index (χ0v) is 14.9. The topological polar surface area (TPSA) is 71.0 Å². The summed E-state index contributed by atoms with van der Waals surface area (Å²) in [5, 5.41) is 11.8. The van der Waals surface area contributed by atoms with E-state index in [9.17, 15) is 4.79 Å². The van der Waals surface area contributed by atoms with Crippen LogP contribution in [0.4, 0.5) is 5.82 Å². The van der Waals surface area contributed by atoms with Crippen LogP contribution in [0.5, 0.6) is 0 Å². The van der Waals surface area contributed by atoms with Gasteiger partial charge in [0, 0.05) is 37.1 Å². The molecule has 0 aliphatic carbocycles. The van der Waals surface area contributed by atoms with Gasteiger partial charge in [-0.2, -0.15) is 0 Å². The zero-order valence-electron chi connectivity index (χ0n) is 14.9. The fourth-order valence-electron chi connectivity index (χ4n) is 3.03. The normalized spacial score (nSPS) is 18.6. The van der Waals surface area contributed by atoms with Gasteiger partial charge in [-0.15, -0.1) is 10.2 Å². The summed E-state index contributed by atoms with van der Waals surface area (Å²) in [6.07, 6.45) is 6.37. The molecular weight excluding hydrogens is 314 g/mol. The predicted molar refractivity (Wildman–Crippen MR) is 98.1 cm³/mol. The lowest BCUT2D eigenvalue weighted by atomic mass is 9.96. The molecule has 132 valence electrons. The van der Waals surface area contributed by atoms with Crippen molar-refractivity contribution in [2.75, 3.05) is 18.0 Å². The molecular formula is C19H25N5O. The minimum Gasteiger partial charge on any atom is -0.354 e. The van der Waals surface area contributed by atoms with E-state index in [0.717, 1.165) is 42.9 Å². The number of hydrogen-bond acceptors (Lipinski definition) is 5. The van der Waals surface area contributed by atoms with E-state index in [-0.39, 0.29) is 17.9 Å². The highest BCUT2D eigenvalue weighted by molar-refractivity contribution is 5.79. The number of nitrogens with zero attached hydrogens (tertiary/aromatic N) is 4. The van der Waals surface area contributed by atoms with Crippen molar-refractivity contribution in [3.63, 3.8) is 0 Å². The van der Waals surface area contributed by atoms with E-state index in [2.05, 4.69) is 32.3 Å². The molecule has 2 atom stereocenters. The van der Waals surface area contributed by atoms with Gasteiger partial charge < -0.3 is 10.2 Å². The maximum absolute atomic E-state index is 12.4. The molecule has 2 unspecified atom stereocenters. The van der Waals surface area contributed by atoms with Crippen LogP contribution < -0.4 is 10.2 Å². The monoisotopic (exact) mass is 339 g/mol. The van der Waals surface area contributed by atoms with Gasteiger partial charge in [-0.1, -0.05) is 6.92 Å². The van der Waals surface area contributed by atoms with Gasteiger partial charge in [0.1, 0.15) is 0 Å². The SMILES string of the molecule is CCC(C)NC(=O)C1CCCN(c2ccc(-c3ccncc3)nn2)C1. The van der Waals surface area contributed by atoms with Crippen molar-refractivity contribution in [2.24, 2.45) is 5.92 Å². The van der Waals surface area contributed by atoms with Crippen molar-refractivity contribution in [1.29, 1.82) is 0 Å². The number of carbonyl (C=O) groups is 1. The number of pyridine rings is 1. The highest BCUT2D eigenvalue weighted by Crippen LogP contribution is 2.23. The first-order chi connectivity index (χ1) is 12.2. The van der Waals surface area contributed by atoms with Gasteiger partial charge in [0.25, 0.3) is 0 Å². The molecule has 6 heteroatoms. The molecule has 1 fully saturated rings. The van der Waals surface area contributed by atoms with Gasteiger partial charge in [-0.25, -0.2) is 0 Å². The van der Waals surface area contributed by atoms with Crippen LogP contribution in [0.2, 0.25) is 0 Å². The summed E-state index contributed by atoms with van der Waals surface area (Å²) in [6.45, 7) is 5.74. The maximum Gasteiger partial charge on any atom is 0.225 e. The van der Waals surface area contributed by atoms with Crippen LogP contribution in [0, 0.1) is 5.92 Å². The summed E-state index contributed by atoms with van der Waals surface area (Å²) in [5.41, 5.74) is 1.83. The number of piperidine rings is 1. The number of aromatic nitrogens is 3. The highest BCUT2D eigenvalue weighted by atomic mass is 16.2. The van der Waals surface area contributed by atoms with Gasteiger partial charge in [0.2, 0.25) is 5.91 Å². The average molecular weight is 339 g/mol. The minimum absolute atomic E-state index is 0.0180. The van der Waals surface area contributed by atoms with Crippen LogP contribution in [0.25, 0.3) is 11.3 Å². The molecule has 3 heterocycles. The van der Waals surface area contributed by atoms with E-state index < -0.39 is 0 Å². The van der Waals surface area contributed by atoms with Crippen LogP contribution in [0.3, 0.4) is 0 Å². The summed E-state index contributed by atoms with van der Waals surface area (Å²) >= 11 is 0. The third-order valence-electron chi connectivity index (χ3n) is 4.74. The molecule has 0 radical (unpaired) electrons. The molecule has 1 aliphatic heterocycles. The minimum atomic E-state index is 0.0180. The molecule has 0 saturated carbocycles. The molecule has 0 bridgehead atoms. The van der Waals surface area contributed by atoms with Gasteiger partial charge >= 0.3 is 0 Å². The predicted octanol–water partition coefficient (Wildman–Crippen LogP) is 2.67. The summed E-state index contributed by atoms with van der Waals surface area (Å²) in [5.74, 6) is 1.00. The van der Waals surface area contributed by atoms with Crippen molar-refractivity contribution in [3.05, 3.63) is 36.7 Å². The molecule has 6 nitrogen and oxygen atoms in total. The van der Waals surface area contributed by atoms with Crippen LogP contribution in [0.15, 0.2) is 36.7 Å². The zero-order chi connectivity index (χ0) is 17.6. The van der Waals surface area contributed by atoms with E-state index in [1.807, 2.05) is 31.2 Å². The molecule has 2 aromatic heterocycles. The second-order valence-electron chi connectivity index (χ2n) is 6.62. The number of rotatable bonds is 5. The van der Waals surface area contributed by atoms with E-state index in [1.165, 1.54) is 0 Å². The van der Waals surface area contributed by atoms with Crippen LogP contribution >= 0.6 is 0 Å². The number of hydrogen-bond donors (Lipinski definition) is 1. The molecule has 1 saturated heterocycles. The molecule has 1 N–H and O–H groups in total. The highest BCUT2D eigenvalue weighted by Gasteiger charge is 2.27. The van der Waals surface area contributed by atoms with Crippen LogP contribution in [-0.4, -0.2) is 40.2 Å². The maximum atomic E-state index is 12.4. The van der Waals surface area contributed by atoms with Crippen LogP contribution in [0.1, 0.15) is 33.1 Å². The first kappa shape index (κ1) is 17.3. The molecule has 2 aromatic rings. The molecule has 1 amide bonds. The van der Waals surface area contributed by atoms with Crippen molar-refractivity contribution in [2.45, 2.75) is 39.2 Å². The molecule has 3 rings (SSSR count). The summed E-state index contributed by atoms with van der Waals surface area (Å²) < 4.78 is 0. The van der Waals surface area contributed by atoms with Gasteiger partial charge in [-0.05, 0) is 50.5 Å². The lowest BCUT2D eigenvalue weighted by Crippen LogP contribution is -2.45. The lowest BCUT2D eigenvalue weighted by Gasteiger charge is -2.33. The Morgan fingerprint density at radius 1 is 1.28 bits per heavy atom. The Bertz CT molecular complexity index is 689. The van der Waals surface area contributed by atoms with E-state index in [0.29, 0.717) is 6.54 Å². The van der Waals surface area contributed by atoms with Crippen molar-refractivity contribution < 1.29 is 4.79 Å². The summed E-state index contributed by atoms with van der Waals surface area (Å²) in [4.78, 5) is 18.6. The molecule has 0 aromatic carbocycles. The van der Waals surface area contributed by atoms with Crippen molar-refractivity contribution in [3.8, 4) is 11.3 Å². The number of anilines is 1. The Labute approximate surface area is 148 Å². The third kappa shape index (κ3) is 4.32. The van der Waals surface area contributed by atoms with Crippen LogP contribution in [-0.2, 0) is 4.79 Å². The lowest BCUT2D eigenvalue weighted by molar-refractivity contribution is -0.125. The van der Waals surface area contributed by atoms with Crippen molar-refractivity contribution in [1.82, 2.24) is 20.5 Å². The quantitative estimate of drug-likeness (QED) is 0.907. The van der Waals surface area contributed by atoms with Gasteiger partial charge in [0.05, 0.1) is 11.6 Å². The van der Waals surface area contributed by atoms with Crippen molar-refractivity contribution >= 4 is 11.7 Å². The Hall–Kier alpha value is -2.50. The van der Waals surface area contributed by atoms with E-state index in [1.54, 1.807) is 12.4 Å². The fourth-order valence-corrected chi connectivity index (χ4v) is 3.03. The first-order valence-corrected chi connectivity index (χ1v) is 8.97. The molecule has 1 aliphatic rings. The summed E-state index contributed by atoms with van der Waals surface area (Å²) in [6, 6.07) is 8.01. The fraction of sp³-hybridized carbons (Fsp3) is 0.474. The second kappa shape index (κ2) is 8.05.